The first-order valence-electron chi connectivity index (χ1n) is 8.91. The molecule has 1 aromatic carbocycles. The van der Waals surface area contributed by atoms with Crippen molar-refractivity contribution in [2.24, 2.45) is 7.05 Å². The van der Waals surface area contributed by atoms with Gasteiger partial charge in [-0.05, 0) is 50.8 Å². The Kier molecular flexibility index (Phi) is 5.11. The van der Waals surface area contributed by atoms with Crippen LogP contribution >= 0.6 is 0 Å². The maximum absolute atomic E-state index is 12.9. The van der Waals surface area contributed by atoms with Crippen molar-refractivity contribution in [3.63, 3.8) is 0 Å². The number of likely N-dealkylation sites (tertiary alicyclic amines) is 1. The molecule has 1 fully saturated rings. The van der Waals surface area contributed by atoms with Gasteiger partial charge < -0.3 is 9.64 Å². The second kappa shape index (κ2) is 7.30. The summed E-state index contributed by atoms with van der Waals surface area (Å²) in [7, 11) is 3.60. The highest BCUT2D eigenvalue weighted by Gasteiger charge is 2.29. The first-order chi connectivity index (χ1) is 12.0. The number of carbonyl (C=O) groups is 1. The number of aromatic nitrogens is 2. The number of benzene rings is 1. The Labute approximate surface area is 149 Å². The number of carbonyl (C=O) groups excluding carboxylic acids is 1. The molecule has 3 rings (SSSR count). The zero-order valence-electron chi connectivity index (χ0n) is 15.6. The van der Waals surface area contributed by atoms with Gasteiger partial charge in [-0.25, -0.2) is 0 Å². The number of hydrogen-bond acceptors (Lipinski definition) is 3. The van der Waals surface area contributed by atoms with Crippen molar-refractivity contribution in [1.29, 1.82) is 0 Å². The SMILES string of the molecule is COc1ccc(CC2CCCN2C(=O)Cc2c(C)nn(C)c2C)cc1. The van der Waals surface area contributed by atoms with E-state index in [0.29, 0.717) is 6.42 Å². The maximum atomic E-state index is 12.9. The van der Waals surface area contributed by atoms with Crippen molar-refractivity contribution in [3.05, 3.63) is 46.8 Å². The van der Waals surface area contributed by atoms with E-state index in [0.717, 1.165) is 48.5 Å². The van der Waals surface area contributed by atoms with E-state index in [4.69, 9.17) is 4.74 Å². The number of hydrogen-bond donors (Lipinski definition) is 0. The minimum atomic E-state index is 0.218. The normalized spacial score (nSPS) is 17.1. The van der Waals surface area contributed by atoms with Crippen LogP contribution in [0, 0.1) is 13.8 Å². The van der Waals surface area contributed by atoms with E-state index in [1.54, 1.807) is 7.11 Å². The predicted octanol–water partition coefficient (Wildman–Crippen LogP) is 2.82. The fourth-order valence-corrected chi connectivity index (χ4v) is 3.74. The molecule has 0 radical (unpaired) electrons. The van der Waals surface area contributed by atoms with Gasteiger partial charge in [0.1, 0.15) is 5.75 Å². The van der Waals surface area contributed by atoms with E-state index in [1.807, 2.05) is 37.7 Å². The molecule has 0 saturated carbocycles. The summed E-state index contributed by atoms with van der Waals surface area (Å²) in [4.78, 5) is 15.0. The van der Waals surface area contributed by atoms with Crippen LogP contribution in [-0.4, -0.2) is 40.3 Å². The van der Waals surface area contributed by atoms with Crippen LogP contribution in [0.5, 0.6) is 5.75 Å². The summed E-state index contributed by atoms with van der Waals surface area (Å²) in [5.74, 6) is 1.08. The third-order valence-corrected chi connectivity index (χ3v) is 5.31. The number of aryl methyl sites for hydroxylation is 2. The highest BCUT2D eigenvalue weighted by molar-refractivity contribution is 5.80. The molecule has 0 spiro atoms. The lowest BCUT2D eigenvalue weighted by atomic mass is 10.0. The Balaban J connectivity index is 1.68. The summed E-state index contributed by atoms with van der Waals surface area (Å²) < 4.78 is 7.07. The third kappa shape index (κ3) is 3.70. The van der Waals surface area contributed by atoms with Crippen molar-refractivity contribution in [2.45, 2.75) is 45.6 Å². The van der Waals surface area contributed by atoms with Gasteiger partial charge in [0.15, 0.2) is 0 Å². The molecule has 0 aliphatic carbocycles. The zero-order chi connectivity index (χ0) is 18.0. The number of methoxy groups -OCH3 is 1. The van der Waals surface area contributed by atoms with Gasteiger partial charge in [0.2, 0.25) is 5.91 Å². The van der Waals surface area contributed by atoms with Crippen molar-refractivity contribution in [3.8, 4) is 5.75 Å². The lowest BCUT2D eigenvalue weighted by Gasteiger charge is -2.25. The molecule has 134 valence electrons. The zero-order valence-corrected chi connectivity index (χ0v) is 15.6. The average Bonchev–Trinajstić information content (AvgIpc) is 3.15. The van der Waals surface area contributed by atoms with Gasteiger partial charge in [-0.1, -0.05) is 12.1 Å². The number of nitrogens with zero attached hydrogens (tertiary/aromatic N) is 3. The highest BCUT2D eigenvalue weighted by Crippen LogP contribution is 2.24. The molecule has 0 N–H and O–H groups in total. The first kappa shape index (κ1) is 17.5. The summed E-state index contributed by atoms with van der Waals surface area (Å²) in [5, 5.41) is 4.43. The molecule has 5 nitrogen and oxygen atoms in total. The largest absolute Gasteiger partial charge is 0.497 e. The summed E-state index contributed by atoms with van der Waals surface area (Å²) in [6.45, 7) is 4.87. The van der Waals surface area contributed by atoms with Gasteiger partial charge in [-0.3, -0.25) is 9.48 Å². The van der Waals surface area contributed by atoms with Crippen LogP contribution < -0.4 is 4.74 Å². The number of rotatable bonds is 5. The molecule has 5 heteroatoms. The van der Waals surface area contributed by atoms with Gasteiger partial charge in [0.25, 0.3) is 0 Å². The molecule has 1 amide bonds. The summed E-state index contributed by atoms with van der Waals surface area (Å²) in [6, 6.07) is 8.44. The van der Waals surface area contributed by atoms with E-state index < -0.39 is 0 Å². The van der Waals surface area contributed by atoms with Crippen LogP contribution in [0.3, 0.4) is 0 Å². The van der Waals surface area contributed by atoms with Gasteiger partial charge >= 0.3 is 0 Å². The Morgan fingerprint density at radius 3 is 2.60 bits per heavy atom. The summed E-state index contributed by atoms with van der Waals surface area (Å²) >= 11 is 0. The van der Waals surface area contributed by atoms with Crippen LogP contribution in [0.1, 0.15) is 35.4 Å². The Hall–Kier alpha value is -2.30. The number of ether oxygens (including phenoxy) is 1. The molecule has 1 saturated heterocycles. The Morgan fingerprint density at radius 2 is 2.00 bits per heavy atom. The summed E-state index contributed by atoms with van der Waals surface area (Å²) in [6.07, 6.45) is 3.51. The number of amides is 1. The van der Waals surface area contributed by atoms with Gasteiger partial charge in [0, 0.05) is 30.9 Å². The van der Waals surface area contributed by atoms with E-state index in [9.17, 15) is 4.79 Å². The van der Waals surface area contributed by atoms with Gasteiger partial charge in [-0.2, -0.15) is 5.10 Å². The quantitative estimate of drug-likeness (QED) is 0.840. The fraction of sp³-hybridized carbons (Fsp3) is 0.500. The van der Waals surface area contributed by atoms with E-state index in [1.165, 1.54) is 5.56 Å². The van der Waals surface area contributed by atoms with E-state index in [-0.39, 0.29) is 11.9 Å². The van der Waals surface area contributed by atoms with E-state index in [2.05, 4.69) is 22.1 Å². The third-order valence-electron chi connectivity index (χ3n) is 5.31. The van der Waals surface area contributed by atoms with Crippen LogP contribution in [0.2, 0.25) is 0 Å². The molecule has 2 aromatic rings. The molecule has 1 atom stereocenters. The minimum Gasteiger partial charge on any atom is -0.497 e. The molecule has 1 unspecified atom stereocenters. The molecular weight excluding hydrogens is 314 g/mol. The van der Waals surface area contributed by atoms with Crippen molar-refractivity contribution in [1.82, 2.24) is 14.7 Å². The van der Waals surface area contributed by atoms with Crippen molar-refractivity contribution < 1.29 is 9.53 Å². The van der Waals surface area contributed by atoms with Crippen molar-refractivity contribution >= 4 is 5.91 Å². The Morgan fingerprint density at radius 1 is 1.28 bits per heavy atom. The molecule has 25 heavy (non-hydrogen) atoms. The van der Waals surface area contributed by atoms with E-state index >= 15 is 0 Å². The highest BCUT2D eigenvalue weighted by atomic mass is 16.5. The molecule has 0 bridgehead atoms. The molecule has 1 aliphatic rings. The lowest BCUT2D eigenvalue weighted by Crippen LogP contribution is -2.38. The van der Waals surface area contributed by atoms with Gasteiger partial charge in [-0.15, -0.1) is 0 Å². The molecule has 2 heterocycles. The van der Waals surface area contributed by atoms with Crippen LogP contribution in [-0.2, 0) is 24.7 Å². The van der Waals surface area contributed by atoms with Crippen LogP contribution in [0.25, 0.3) is 0 Å². The first-order valence-corrected chi connectivity index (χ1v) is 8.91. The molecule has 1 aromatic heterocycles. The van der Waals surface area contributed by atoms with Gasteiger partial charge in [0.05, 0.1) is 19.2 Å². The lowest BCUT2D eigenvalue weighted by molar-refractivity contribution is -0.131. The molecule has 1 aliphatic heterocycles. The fourth-order valence-electron chi connectivity index (χ4n) is 3.74. The smallest absolute Gasteiger partial charge is 0.227 e. The second-order valence-corrected chi connectivity index (χ2v) is 6.89. The van der Waals surface area contributed by atoms with Crippen LogP contribution in [0.15, 0.2) is 24.3 Å². The summed E-state index contributed by atoms with van der Waals surface area (Å²) in [5.41, 5.74) is 4.36. The second-order valence-electron chi connectivity index (χ2n) is 6.89. The predicted molar refractivity (Wildman–Crippen MR) is 97.8 cm³/mol. The topological polar surface area (TPSA) is 47.4 Å². The maximum Gasteiger partial charge on any atom is 0.227 e. The average molecular weight is 341 g/mol. The van der Waals surface area contributed by atoms with Crippen LogP contribution in [0.4, 0.5) is 0 Å². The molecular formula is C20H27N3O2. The monoisotopic (exact) mass is 341 g/mol. The minimum absolute atomic E-state index is 0.218. The van der Waals surface area contributed by atoms with Crippen molar-refractivity contribution in [2.75, 3.05) is 13.7 Å². The standard InChI is InChI=1S/C20H27N3O2/c1-14-19(15(2)22(3)21-14)13-20(24)23-11-5-6-17(23)12-16-7-9-18(25-4)10-8-16/h7-10,17H,5-6,11-13H2,1-4H3. The Bertz CT molecular complexity index is 749.